The molecule has 1 saturated carbocycles. The molecule has 1 rings (SSSR count). The van der Waals surface area contributed by atoms with Crippen LogP contribution in [0.5, 0.6) is 0 Å². The van der Waals surface area contributed by atoms with Gasteiger partial charge in [-0.1, -0.05) is 34.6 Å². The van der Waals surface area contributed by atoms with Crippen molar-refractivity contribution in [1.29, 1.82) is 0 Å². The van der Waals surface area contributed by atoms with Crippen LogP contribution in [0.1, 0.15) is 47.5 Å². The van der Waals surface area contributed by atoms with E-state index < -0.39 is 0 Å². The molecule has 0 unspecified atom stereocenters. The molecule has 0 aromatic carbocycles. The predicted octanol–water partition coefficient (Wildman–Crippen LogP) is 2.86. The summed E-state index contributed by atoms with van der Waals surface area (Å²) in [4.78, 5) is 0. The summed E-state index contributed by atoms with van der Waals surface area (Å²) < 4.78 is 17.1. The topological polar surface area (TPSA) is 39.7 Å². The van der Waals surface area contributed by atoms with Crippen molar-refractivity contribution in [2.24, 2.45) is 11.3 Å². The molecule has 0 radical (unpaired) electrons. The van der Waals surface area contributed by atoms with Gasteiger partial charge < -0.3 is 19.5 Å². The Morgan fingerprint density at radius 3 is 2.19 bits per heavy atom. The summed E-state index contributed by atoms with van der Waals surface area (Å²) in [6, 6.07) is 0. The molecule has 1 N–H and O–H groups in total. The van der Waals surface area contributed by atoms with Gasteiger partial charge in [-0.05, 0) is 30.7 Å². The second kappa shape index (κ2) is 9.78. The maximum atomic E-state index is 5.79. The maximum absolute atomic E-state index is 5.79. The van der Waals surface area contributed by atoms with Crippen LogP contribution in [0, 0.1) is 11.3 Å². The van der Waals surface area contributed by atoms with Crippen LogP contribution in [-0.2, 0) is 14.2 Å². The van der Waals surface area contributed by atoms with Gasteiger partial charge in [0.15, 0.2) is 0 Å². The molecule has 0 aliphatic heterocycles. The van der Waals surface area contributed by atoms with E-state index in [4.69, 9.17) is 14.2 Å². The fourth-order valence-corrected chi connectivity index (χ4v) is 2.13. The van der Waals surface area contributed by atoms with E-state index >= 15 is 0 Å². The largest absolute Gasteiger partial charge is 0.379 e. The summed E-state index contributed by atoms with van der Waals surface area (Å²) in [6.45, 7) is 16.0. The first kappa shape index (κ1) is 18.9. The molecule has 0 bridgehead atoms. The van der Waals surface area contributed by atoms with Crippen LogP contribution in [0.2, 0.25) is 0 Å². The molecule has 1 fully saturated rings. The molecular weight excluding hydrogens is 266 g/mol. The zero-order chi connectivity index (χ0) is 15.7. The second-order valence-corrected chi connectivity index (χ2v) is 7.67. The lowest BCUT2D eigenvalue weighted by atomic mass is 9.92. The summed E-state index contributed by atoms with van der Waals surface area (Å²) in [5.41, 5.74) is 0.235. The molecule has 126 valence electrons. The Morgan fingerprint density at radius 1 is 1.00 bits per heavy atom. The molecule has 4 heteroatoms. The summed E-state index contributed by atoms with van der Waals surface area (Å²) in [5, 5.41) is 3.39. The molecule has 0 saturated heterocycles. The second-order valence-electron chi connectivity index (χ2n) is 7.67. The van der Waals surface area contributed by atoms with Gasteiger partial charge in [0.25, 0.3) is 0 Å². The lowest BCUT2D eigenvalue weighted by Gasteiger charge is -2.35. The minimum absolute atomic E-state index is 0.235. The highest BCUT2D eigenvalue weighted by Crippen LogP contribution is 2.26. The molecule has 0 spiro atoms. The highest BCUT2D eigenvalue weighted by Gasteiger charge is 2.30. The van der Waals surface area contributed by atoms with Crippen molar-refractivity contribution in [2.75, 3.05) is 39.5 Å². The van der Waals surface area contributed by atoms with Gasteiger partial charge in [0.05, 0.1) is 38.6 Å². The van der Waals surface area contributed by atoms with Crippen LogP contribution >= 0.6 is 0 Å². The molecule has 0 aromatic rings. The number of hydrogen-bond acceptors (Lipinski definition) is 4. The van der Waals surface area contributed by atoms with Gasteiger partial charge in [-0.15, -0.1) is 0 Å². The van der Waals surface area contributed by atoms with E-state index in [0.29, 0.717) is 31.3 Å². The summed E-state index contributed by atoms with van der Waals surface area (Å²) in [5.74, 6) is 0.701. The molecular formula is C17H35NO3. The minimum Gasteiger partial charge on any atom is -0.379 e. The van der Waals surface area contributed by atoms with Crippen LogP contribution in [0.25, 0.3) is 0 Å². The first-order valence-corrected chi connectivity index (χ1v) is 8.38. The van der Waals surface area contributed by atoms with E-state index in [1.807, 2.05) is 0 Å². The van der Waals surface area contributed by atoms with E-state index in [1.165, 1.54) is 0 Å². The van der Waals surface area contributed by atoms with Gasteiger partial charge in [-0.2, -0.15) is 0 Å². The van der Waals surface area contributed by atoms with Gasteiger partial charge in [-0.25, -0.2) is 0 Å². The van der Waals surface area contributed by atoms with E-state index in [0.717, 1.165) is 39.1 Å². The van der Waals surface area contributed by atoms with Crippen molar-refractivity contribution >= 4 is 0 Å². The number of ether oxygens (including phenoxy) is 3. The molecule has 0 aromatic heterocycles. The Bertz CT molecular complexity index is 257. The highest BCUT2D eigenvalue weighted by atomic mass is 16.5. The predicted molar refractivity (Wildman–Crippen MR) is 86.7 cm³/mol. The zero-order valence-electron chi connectivity index (χ0n) is 14.6. The van der Waals surface area contributed by atoms with E-state index in [2.05, 4.69) is 39.9 Å². The van der Waals surface area contributed by atoms with Crippen LogP contribution < -0.4 is 5.32 Å². The third kappa shape index (κ3) is 10.2. The zero-order valence-corrected chi connectivity index (χ0v) is 14.6. The Balaban J connectivity index is 1.83. The molecule has 21 heavy (non-hydrogen) atoms. The molecule has 0 amide bonds. The van der Waals surface area contributed by atoms with Crippen LogP contribution in [-0.4, -0.2) is 51.7 Å². The van der Waals surface area contributed by atoms with Crippen molar-refractivity contribution in [3.63, 3.8) is 0 Å². The summed E-state index contributed by atoms with van der Waals surface area (Å²) in [6.07, 6.45) is 2.83. The van der Waals surface area contributed by atoms with Gasteiger partial charge in [-0.3, -0.25) is 0 Å². The van der Waals surface area contributed by atoms with Gasteiger partial charge in [0.2, 0.25) is 0 Å². The van der Waals surface area contributed by atoms with Gasteiger partial charge in [0, 0.05) is 6.54 Å². The molecule has 0 heterocycles. The number of rotatable bonds is 11. The summed E-state index contributed by atoms with van der Waals surface area (Å²) in [7, 11) is 0. The van der Waals surface area contributed by atoms with Crippen molar-refractivity contribution < 1.29 is 14.2 Å². The Hall–Kier alpha value is -0.160. The van der Waals surface area contributed by atoms with Crippen molar-refractivity contribution in [3.8, 4) is 0 Å². The Morgan fingerprint density at radius 2 is 1.62 bits per heavy atom. The fraction of sp³-hybridized carbons (Fsp3) is 1.00. The summed E-state index contributed by atoms with van der Waals surface area (Å²) >= 11 is 0. The first-order chi connectivity index (χ1) is 9.87. The number of nitrogens with one attached hydrogen (secondary N) is 1. The van der Waals surface area contributed by atoms with E-state index in [9.17, 15) is 0 Å². The van der Waals surface area contributed by atoms with Crippen molar-refractivity contribution in [2.45, 2.75) is 59.7 Å². The Labute approximate surface area is 130 Å². The van der Waals surface area contributed by atoms with E-state index in [1.54, 1.807) is 0 Å². The lowest BCUT2D eigenvalue weighted by molar-refractivity contribution is -0.110. The van der Waals surface area contributed by atoms with E-state index in [-0.39, 0.29) is 5.41 Å². The van der Waals surface area contributed by atoms with Crippen molar-refractivity contribution in [1.82, 2.24) is 5.32 Å². The van der Waals surface area contributed by atoms with Crippen molar-refractivity contribution in [3.05, 3.63) is 0 Å². The number of hydrogen-bond donors (Lipinski definition) is 1. The minimum atomic E-state index is 0.235. The monoisotopic (exact) mass is 301 g/mol. The normalized spacial score (nSPS) is 22.6. The SMILES string of the molecule is CC(C)CNCCO[C@H]1C[C@H](OCCOCC(C)(C)C)C1. The molecule has 4 nitrogen and oxygen atoms in total. The third-order valence-electron chi connectivity index (χ3n) is 3.35. The van der Waals surface area contributed by atoms with Gasteiger partial charge >= 0.3 is 0 Å². The first-order valence-electron chi connectivity index (χ1n) is 8.38. The average molecular weight is 301 g/mol. The smallest absolute Gasteiger partial charge is 0.0704 e. The standard InChI is InChI=1S/C17H35NO3/c1-14(2)12-18-6-7-20-15-10-16(11-15)21-9-8-19-13-17(3,4)5/h14-16,18H,6-13H2,1-5H3/t15-,16-. The van der Waals surface area contributed by atoms with Gasteiger partial charge in [0.1, 0.15) is 0 Å². The quantitative estimate of drug-likeness (QED) is 0.596. The lowest BCUT2D eigenvalue weighted by Crippen LogP contribution is -2.39. The van der Waals surface area contributed by atoms with Crippen LogP contribution in [0.3, 0.4) is 0 Å². The van der Waals surface area contributed by atoms with Crippen LogP contribution in [0.15, 0.2) is 0 Å². The molecule has 1 aliphatic carbocycles. The molecule has 1 aliphatic rings. The maximum Gasteiger partial charge on any atom is 0.0704 e. The molecule has 0 atom stereocenters. The fourth-order valence-electron chi connectivity index (χ4n) is 2.13. The van der Waals surface area contributed by atoms with Crippen LogP contribution in [0.4, 0.5) is 0 Å². The highest BCUT2D eigenvalue weighted by molar-refractivity contribution is 4.81. The average Bonchev–Trinajstić information content (AvgIpc) is 2.31. The Kier molecular flexibility index (Phi) is 8.79. The third-order valence-corrected chi connectivity index (χ3v) is 3.35.